The largest absolute Gasteiger partial charge is 0.445 e. The van der Waals surface area contributed by atoms with Crippen LogP contribution in [0.5, 0.6) is 0 Å². The van der Waals surface area contributed by atoms with Gasteiger partial charge in [0, 0.05) is 32.4 Å². The number of primary amides is 1. The molecular formula is C25H39N3O8. The summed E-state index contributed by atoms with van der Waals surface area (Å²) in [6.45, 7) is 5.29. The number of ketones is 1. The highest BCUT2D eigenvalue weighted by Gasteiger charge is 2.22. The molecule has 0 spiro atoms. The van der Waals surface area contributed by atoms with Crippen molar-refractivity contribution in [2.75, 3.05) is 46.2 Å². The van der Waals surface area contributed by atoms with Gasteiger partial charge in [-0.3, -0.25) is 14.4 Å². The molecule has 0 saturated heterocycles. The Kier molecular flexibility index (Phi) is 17.4. The molecular weight excluding hydrogens is 470 g/mol. The van der Waals surface area contributed by atoms with E-state index in [1.165, 1.54) is 0 Å². The van der Waals surface area contributed by atoms with E-state index in [2.05, 4.69) is 10.6 Å². The van der Waals surface area contributed by atoms with Crippen LogP contribution in [0.1, 0.15) is 44.6 Å². The second-order valence-electron chi connectivity index (χ2n) is 7.92. The second kappa shape index (κ2) is 20.2. The molecule has 0 unspecified atom stereocenters. The van der Waals surface area contributed by atoms with Crippen LogP contribution in [0, 0.1) is 0 Å². The van der Waals surface area contributed by atoms with Crippen LogP contribution in [0.3, 0.4) is 0 Å². The summed E-state index contributed by atoms with van der Waals surface area (Å²) in [5, 5.41) is 5.14. The van der Waals surface area contributed by atoms with Gasteiger partial charge in [-0.1, -0.05) is 37.3 Å². The van der Waals surface area contributed by atoms with E-state index >= 15 is 0 Å². The lowest BCUT2D eigenvalue weighted by Crippen LogP contribution is -2.42. The number of Topliss-reactive ketones (excluding diaryl/α,β-unsaturated/α-hetero) is 1. The van der Waals surface area contributed by atoms with Gasteiger partial charge >= 0.3 is 6.09 Å². The van der Waals surface area contributed by atoms with Crippen LogP contribution in [0.25, 0.3) is 0 Å². The summed E-state index contributed by atoms with van der Waals surface area (Å²) in [6, 6.07) is 8.08. The first-order valence-corrected chi connectivity index (χ1v) is 12.2. The van der Waals surface area contributed by atoms with E-state index in [9.17, 15) is 19.2 Å². The minimum Gasteiger partial charge on any atom is -0.445 e. The standard InChI is InChI=1S/C25H39N3O8/c1-2-13-33-15-17-35-18-16-34-14-12-27-24(31)11-9-22(29)21(8-10-23(26)30)28-25(32)36-19-20-6-4-3-5-7-20/h3-7,21H,2,8-19H2,1H3,(H2,26,30)(H,27,31)(H,28,32)/t21-/m0/s1. The van der Waals surface area contributed by atoms with Crippen molar-refractivity contribution < 1.29 is 38.1 Å². The maximum absolute atomic E-state index is 12.6. The number of nitrogens with one attached hydrogen (secondary N) is 2. The van der Waals surface area contributed by atoms with Crippen LogP contribution < -0.4 is 16.4 Å². The van der Waals surface area contributed by atoms with Gasteiger partial charge in [0.25, 0.3) is 0 Å². The van der Waals surface area contributed by atoms with E-state index in [1.807, 2.05) is 25.1 Å². The van der Waals surface area contributed by atoms with Gasteiger partial charge in [0.2, 0.25) is 11.8 Å². The maximum Gasteiger partial charge on any atom is 0.408 e. The molecule has 4 N–H and O–H groups in total. The van der Waals surface area contributed by atoms with Crippen molar-refractivity contribution in [2.24, 2.45) is 5.73 Å². The molecule has 0 aromatic heterocycles. The van der Waals surface area contributed by atoms with Gasteiger partial charge in [-0.05, 0) is 18.4 Å². The summed E-state index contributed by atoms with van der Waals surface area (Å²) >= 11 is 0. The van der Waals surface area contributed by atoms with Crippen molar-refractivity contribution in [3.8, 4) is 0 Å². The minimum atomic E-state index is -0.982. The fourth-order valence-corrected chi connectivity index (χ4v) is 2.96. The third-order valence-electron chi connectivity index (χ3n) is 4.83. The van der Waals surface area contributed by atoms with E-state index in [4.69, 9.17) is 24.7 Å². The Morgan fingerprint density at radius 2 is 1.50 bits per heavy atom. The van der Waals surface area contributed by atoms with E-state index in [0.717, 1.165) is 18.6 Å². The average molecular weight is 510 g/mol. The molecule has 0 aliphatic carbocycles. The van der Waals surface area contributed by atoms with Crippen LogP contribution in [-0.4, -0.2) is 75.9 Å². The summed E-state index contributed by atoms with van der Waals surface area (Å²) in [6.07, 6.45) is -0.0535. The SMILES string of the molecule is CCCOCCOCCOCCNC(=O)CCC(=O)[C@H](CCC(N)=O)NC(=O)OCc1ccccc1. The Morgan fingerprint density at radius 3 is 2.14 bits per heavy atom. The van der Waals surface area contributed by atoms with Crippen molar-refractivity contribution >= 4 is 23.7 Å². The molecule has 1 rings (SSSR count). The molecule has 0 heterocycles. The Labute approximate surface area is 212 Å². The summed E-state index contributed by atoms with van der Waals surface area (Å²) < 4.78 is 21.2. The third kappa shape index (κ3) is 16.6. The van der Waals surface area contributed by atoms with Crippen LogP contribution in [0.2, 0.25) is 0 Å². The van der Waals surface area contributed by atoms with E-state index in [1.54, 1.807) is 12.1 Å². The first kappa shape index (κ1) is 31.0. The Morgan fingerprint density at radius 1 is 0.861 bits per heavy atom. The normalized spacial score (nSPS) is 11.5. The van der Waals surface area contributed by atoms with Crippen LogP contribution in [0.15, 0.2) is 30.3 Å². The molecule has 1 atom stereocenters. The molecule has 3 amide bonds. The summed E-state index contributed by atoms with van der Waals surface area (Å²) in [4.78, 5) is 47.9. The van der Waals surface area contributed by atoms with Gasteiger partial charge in [0.1, 0.15) is 6.61 Å². The summed E-state index contributed by atoms with van der Waals surface area (Å²) in [5.74, 6) is -1.31. The number of amides is 3. The molecule has 0 fully saturated rings. The number of hydrogen-bond acceptors (Lipinski definition) is 8. The molecule has 202 valence electrons. The van der Waals surface area contributed by atoms with E-state index < -0.39 is 18.0 Å². The molecule has 0 bridgehead atoms. The average Bonchev–Trinajstić information content (AvgIpc) is 2.87. The highest BCUT2D eigenvalue weighted by atomic mass is 16.6. The Bertz CT molecular complexity index is 776. The predicted molar refractivity (Wildman–Crippen MR) is 132 cm³/mol. The fraction of sp³-hybridized carbons (Fsp3) is 0.600. The quantitative estimate of drug-likeness (QED) is 0.210. The monoisotopic (exact) mass is 509 g/mol. The van der Waals surface area contributed by atoms with E-state index in [0.29, 0.717) is 39.6 Å². The third-order valence-corrected chi connectivity index (χ3v) is 4.83. The number of alkyl carbamates (subject to hydrolysis) is 1. The number of carbonyl (C=O) groups excluding carboxylic acids is 4. The lowest BCUT2D eigenvalue weighted by atomic mass is 10.0. The molecule has 0 aliphatic heterocycles. The number of ether oxygens (including phenoxy) is 4. The zero-order valence-electron chi connectivity index (χ0n) is 21.0. The van der Waals surface area contributed by atoms with Crippen LogP contribution in [0.4, 0.5) is 4.79 Å². The number of carbonyl (C=O) groups is 4. The summed E-state index contributed by atoms with van der Waals surface area (Å²) in [7, 11) is 0. The van der Waals surface area contributed by atoms with Gasteiger partial charge in [-0.15, -0.1) is 0 Å². The second-order valence-corrected chi connectivity index (χ2v) is 7.92. The number of nitrogens with two attached hydrogens (primary N) is 1. The van der Waals surface area contributed by atoms with Crippen molar-refractivity contribution in [3.05, 3.63) is 35.9 Å². The van der Waals surface area contributed by atoms with Crippen molar-refractivity contribution in [1.29, 1.82) is 0 Å². The molecule has 11 nitrogen and oxygen atoms in total. The number of hydrogen-bond donors (Lipinski definition) is 3. The van der Waals surface area contributed by atoms with Gasteiger partial charge in [-0.2, -0.15) is 0 Å². The molecule has 1 aromatic carbocycles. The topological polar surface area (TPSA) is 155 Å². The lowest BCUT2D eigenvalue weighted by molar-refractivity contribution is -0.126. The zero-order valence-corrected chi connectivity index (χ0v) is 21.0. The van der Waals surface area contributed by atoms with Gasteiger partial charge in [-0.25, -0.2) is 4.79 Å². The molecule has 0 aliphatic rings. The first-order chi connectivity index (χ1) is 17.4. The molecule has 1 aromatic rings. The minimum absolute atomic E-state index is 0.0247. The lowest BCUT2D eigenvalue weighted by Gasteiger charge is -2.17. The first-order valence-electron chi connectivity index (χ1n) is 12.2. The van der Waals surface area contributed by atoms with E-state index in [-0.39, 0.29) is 44.0 Å². The van der Waals surface area contributed by atoms with Crippen molar-refractivity contribution in [2.45, 2.75) is 51.7 Å². The molecule has 36 heavy (non-hydrogen) atoms. The smallest absolute Gasteiger partial charge is 0.408 e. The summed E-state index contributed by atoms with van der Waals surface area (Å²) in [5.41, 5.74) is 5.97. The maximum atomic E-state index is 12.6. The molecule has 0 radical (unpaired) electrons. The van der Waals surface area contributed by atoms with Crippen LogP contribution >= 0.6 is 0 Å². The molecule has 11 heteroatoms. The van der Waals surface area contributed by atoms with Crippen molar-refractivity contribution in [1.82, 2.24) is 10.6 Å². The predicted octanol–water partition coefficient (Wildman–Crippen LogP) is 1.47. The van der Waals surface area contributed by atoms with Gasteiger partial charge < -0.3 is 35.3 Å². The Hall–Kier alpha value is -3.02. The Balaban J connectivity index is 2.24. The number of rotatable bonds is 21. The fourth-order valence-electron chi connectivity index (χ4n) is 2.96. The van der Waals surface area contributed by atoms with Gasteiger partial charge in [0.05, 0.1) is 39.1 Å². The van der Waals surface area contributed by atoms with Crippen molar-refractivity contribution in [3.63, 3.8) is 0 Å². The highest BCUT2D eigenvalue weighted by molar-refractivity contribution is 5.90. The zero-order chi connectivity index (χ0) is 26.4. The highest BCUT2D eigenvalue weighted by Crippen LogP contribution is 2.06. The van der Waals surface area contributed by atoms with Gasteiger partial charge in [0.15, 0.2) is 5.78 Å². The number of benzene rings is 1. The van der Waals surface area contributed by atoms with Crippen LogP contribution in [-0.2, 0) is 39.9 Å². The molecule has 0 saturated carbocycles.